The van der Waals surface area contributed by atoms with Gasteiger partial charge in [-0.3, -0.25) is 14.5 Å². The third-order valence-corrected chi connectivity index (χ3v) is 8.23. The highest BCUT2D eigenvalue weighted by Crippen LogP contribution is 2.44. The van der Waals surface area contributed by atoms with Crippen LogP contribution in [0.4, 0.5) is 0 Å². The van der Waals surface area contributed by atoms with Crippen molar-refractivity contribution < 1.29 is 24.2 Å². The molecule has 34 heavy (non-hydrogen) atoms. The van der Waals surface area contributed by atoms with E-state index in [1.807, 2.05) is 11.5 Å². The Labute approximate surface area is 220 Å². The number of carbonyl (C=O) groups is 2. The molecular formula is C23H21Cl2NO5S3. The van der Waals surface area contributed by atoms with Gasteiger partial charge in [0.25, 0.3) is 5.91 Å². The fourth-order valence-electron chi connectivity index (χ4n) is 3.71. The number of thiocarbonyl (C=S) groups is 1. The van der Waals surface area contributed by atoms with Crippen LogP contribution < -0.4 is 0 Å². The summed E-state index contributed by atoms with van der Waals surface area (Å²) >= 11 is 20.9. The van der Waals surface area contributed by atoms with Crippen LogP contribution in [0.3, 0.4) is 0 Å². The van der Waals surface area contributed by atoms with Crippen molar-refractivity contribution in [2.24, 2.45) is 0 Å². The lowest BCUT2D eigenvalue weighted by Gasteiger charge is -2.14. The third-order valence-electron chi connectivity index (χ3n) is 5.34. The number of hydrogen-bond donors (Lipinski definition) is 1. The number of carboxylic acids is 1. The Kier molecular flexibility index (Phi) is 8.68. The molecule has 0 bridgehead atoms. The summed E-state index contributed by atoms with van der Waals surface area (Å²) in [6.45, 7) is 1.43. The first-order valence-electron chi connectivity index (χ1n) is 10.6. The predicted octanol–water partition coefficient (Wildman–Crippen LogP) is 6.61. The SMILES string of the molecule is O=C(O)CCCCCN1C(=O)C(=Cc2scc(-c3cc(Cl)ccc3Cl)c2C2OCCO2)SC1=S. The average molecular weight is 559 g/mol. The summed E-state index contributed by atoms with van der Waals surface area (Å²) in [5.74, 6) is -0.961. The van der Waals surface area contributed by atoms with E-state index in [0.717, 1.165) is 28.0 Å². The number of rotatable bonds is 9. The third kappa shape index (κ3) is 5.84. The first-order chi connectivity index (χ1) is 16.3. The van der Waals surface area contributed by atoms with E-state index < -0.39 is 12.3 Å². The minimum Gasteiger partial charge on any atom is -0.481 e. The summed E-state index contributed by atoms with van der Waals surface area (Å²) in [6, 6.07) is 5.28. The molecular weight excluding hydrogens is 537 g/mol. The molecule has 3 heterocycles. The Bertz CT molecular complexity index is 1140. The molecule has 2 aromatic rings. The van der Waals surface area contributed by atoms with Gasteiger partial charge in [0.2, 0.25) is 0 Å². The topological polar surface area (TPSA) is 76.1 Å². The lowest BCUT2D eigenvalue weighted by Crippen LogP contribution is -2.29. The lowest BCUT2D eigenvalue weighted by molar-refractivity contribution is -0.137. The second-order valence-electron chi connectivity index (χ2n) is 7.66. The summed E-state index contributed by atoms with van der Waals surface area (Å²) in [5, 5.41) is 11.8. The van der Waals surface area contributed by atoms with Crippen molar-refractivity contribution in [3.63, 3.8) is 0 Å². The van der Waals surface area contributed by atoms with E-state index in [1.54, 1.807) is 23.1 Å². The highest BCUT2D eigenvalue weighted by atomic mass is 35.5. The van der Waals surface area contributed by atoms with E-state index >= 15 is 0 Å². The van der Waals surface area contributed by atoms with Crippen molar-refractivity contribution in [1.29, 1.82) is 0 Å². The van der Waals surface area contributed by atoms with Gasteiger partial charge in [-0.1, -0.05) is 53.6 Å². The second kappa shape index (κ2) is 11.5. The van der Waals surface area contributed by atoms with Crippen molar-refractivity contribution >= 4 is 80.8 Å². The van der Waals surface area contributed by atoms with Gasteiger partial charge < -0.3 is 14.6 Å². The number of thioether (sulfide) groups is 1. The molecule has 0 radical (unpaired) electrons. The highest BCUT2D eigenvalue weighted by Gasteiger charge is 2.33. The van der Waals surface area contributed by atoms with Gasteiger partial charge in [0.15, 0.2) is 6.29 Å². The number of aliphatic carboxylic acids is 1. The monoisotopic (exact) mass is 557 g/mol. The molecule has 0 atom stereocenters. The molecule has 0 spiro atoms. The van der Waals surface area contributed by atoms with Crippen LogP contribution in [-0.4, -0.2) is 46.0 Å². The van der Waals surface area contributed by atoms with Gasteiger partial charge in [-0.05, 0) is 42.5 Å². The van der Waals surface area contributed by atoms with Crippen LogP contribution in [0.2, 0.25) is 10.0 Å². The summed E-state index contributed by atoms with van der Waals surface area (Å²) in [7, 11) is 0. The van der Waals surface area contributed by atoms with Crippen molar-refractivity contribution in [3.8, 4) is 11.1 Å². The van der Waals surface area contributed by atoms with Crippen LogP contribution in [0, 0.1) is 0 Å². The number of hydrogen-bond acceptors (Lipinski definition) is 7. The van der Waals surface area contributed by atoms with Crippen LogP contribution in [0.15, 0.2) is 28.5 Å². The number of thiophene rings is 1. The molecule has 2 aliphatic rings. The Morgan fingerprint density at radius 2 is 1.97 bits per heavy atom. The molecule has 2 aliphatic heterocycles. The van der Waals surface area contributed by atoms with Crippen LogP contribution in [-0.2, 0) is 19.1 Å². The molecule has 0 saturated carbocycles. The fourth-order valence-corrected chi connectivity index (χ4v) is 6.48. The van der Waals surface area contributed by atoms with Gasteiger partial charge in [0.05, 0.1) is 18.1 Å². The van der Waals surface area contributed by atoms with Crippen molar-refractivity contribution in [1.82, 2.24) is 4.90 Å². The number of amides is 1. The van der Waals surface area contributed by atoms with E-state index in [0.29, 0.717) is 51.9 Å². The highest BCUT2D eigenvalue weighted by molar-refractivity contribution is 8.26. The van der Waals surface area contributed by atoms with Crippen LogP contribution in [0.1, 0.15) is 42.4 Å². The fraction of sp³-hybridized carbons (Fsp3) is 0.348. The van der Waals surface area contributed by atoms with Gasteiger partial charge in [0, 0.05) is 44.6 Å². The lowest BCUT2D eigenvalue weighted by atomic mass is 10.0. The number of ether oxygens (including phenoxy) is 2. The standard InChI is InChI=1S/C23H21Cl2NO5S3/c24-13-5-6-16(25)14(10-13)15-12-33-17(20(15)22-30-8-9-31-22)11-18-21(29)26(23(32)34-18)7-3-1-2-4-19(27)28/h5-6,10-12,22H,1-4,7-9H2,(H,27,28). The zero-order chi connectivity index (χ0) is 24.2. The number of nitrogens with zero attached hydrogens (tertiary/aromatic N) is 1. The van der Waals surface area contributed by atoms with E-state index in [-0.39, 0.29) is 12.3 Å². The van der Waals surface area contributed by atoms with Crippen molar-refractivity contribution in [2.45, 2.75) is 32.0 Å². The maximum absolute atomic E-state index is 13.1. The molecule has 11 heteroatoms. The van der Waals surface area contributed by atoms with Gasteiger partial charge >= 0.3 is 5.97 Å². The maximum Gasteiger partial charge on any atom is 0.303 e. The molecule has 2 saturated heterocycles. The average Bonchev–Trinajstić information content (AvgIpc) is 3.51. The van der Waals surface area contributed by atoms with Gasteiger partial charge in [-0.25, -0.2) is 0 Å². The zero-order valence-corrected chi connectivity index (χ0v) is 21.9. The quantitative estimate of drug-likeness (QED) is 0.211. The number of halogens is 2. The number of benzene rings is 1. The van der Waals surface area contributed by atoms with Gasteiger partial charge in [-0.2, -0.15) is 0 Å². The van der Waals surface area contributed by atoms with E-state index in [2.05, 4.69) is 0 Å². The molecule has 1 amide bonds. The van der Waals surface area contributed by atoms with Crippen LogP contribution in [0.25, 0.3) is 17.2 Å². The normalized spacial score (nSPS) is 17.9. The number of unbranched alkanes of at least 4 members (excludes halogenated alkanes) is 2. The number of carbonyl (C=O) groups excluding carboxylic acids is 1. The summed E-state index contributed by atoms with van der Waals surface area (Å²) < 4.78 is 12.1. The molecule has 180 valence electrons. The molecule has 0 unspecified atom stereocenters. The first kappa shape index (κ1) is 25.6. The molecule has 1 aromatic heterocycles. The van der Waals surface area contributed by atoms with E-state index in [9.17, 15) is 9.59 Å². The molecule has 2 fully saturated rings. The molecule has 6 nitrogen and oxygen atoms in total. The summed E-state index contributed by atoms with van der Waals surface area (Å²) in [5.41, 5.74) is 2.43. The second-order valence-corrected chi connectivity index (χ2v) is 11.1. The smallest absolute Gasteiger partial charge is 0.303 e. The Balaban J connectivity index is 1.58. The Morgan fingerprint density at radius 1 is 1.21 bits per heavy atom. The van der Waals surface area contributed by atoms with Crippen molar-refractivity contribution in [3.05, 3.63) is 49.0 Å². The summed E-state index contributed by atoms with van der Waals surface area (Å²) in [6.07, 6.45) is 3.38. The van der Waals surface area contributed by atoms with E-state index in [1.165, 1.54) is 23.1 Å². The molecule has 4 rings (SSSR count). The molecule has 1 aromatic carbocycles. The van der Waals surface area contributed by atoms with Crippen LogP contribution in [0.5, 0.6) is 0 Å². The van der Waals surface area contributed by atoms with Crippen LogP contribution >= 0.6 is 58.5 Å². The Morgan fingerprint density at radius 3 is 2.71 bits per heavy atom. The molecule has 0 aliphatic carbocycles. The first-order valence-corrected chi connectivity index (χ1v) is 13.5. The minimum atomic E-state index is -0.811. The Hall–Kier alpha value is -1.46. The predicted molar refractivity (Wildman–Crippen MR) is 140 cm³/mol. The molecule has 1 N–H and O–H groups in total. The zero-order valence-electron chi connectivity index (χ0n) is 17.9. The maximum atomic E-state index is 13.1. The largest absolute Gasteiger partial charge is 0.481 e. The minimum absolute atomic E-state index is 0.129. The van der Waals surface area contributed by atoms with Gasteiger partial charge in [0.1, 0.15) is 4.32 Å². The number of carboxylic acid groups (broad SMARTS) is 1. The van der Waals surface area contributed by atoms with Crippen molar-refractivity contribution in [2.75, 3.05) is 19.8 Å². The van der Waals surface area contributed by atoms with E-state index in [4.69, 9.17) is 50.0 Å². The summed E-state index contributed by atoms with van der Waals surface area (Å²) in [4.78, 5) is 26.7. The van der Waals surface area contributed by atoms with Gasteiger partial charge in [-0.15, -0.1) is 11.3 Å².